The van der Waals surface area contributed by atoms with Gasteiger partial charge in [-0.25, -0.2) is 14.5 Å². The lowest BCUT2D eigenvalue weighted by Crippen LogP contribution is -2.37. The molecule has 1 aliphatic heterocycles. The number of hydrogen-bond acceptors (Lipinski definition) is 8. The van der Waals surface area contributed by atoms with Crippen LogP contribution in [0, 0.1) is 0 Å². The number of esters is 1. The van der Waals surface area contributed by atoms with Gasteiger partial charge in [0.15, 0.2) is 11.5 Å². The van der Waals surface area contributed by atoms with E-state index in [-0.39, 0.29) is 19.6 Å². The average Bonchev–Trinajstić information content (AvgIpc) is 3.21. The van der Waals surface area contributed by atoms with E-state index in [1.54, 1.807) is 61.5 Å². The Balaban J connectivity index is 1.59. The van der Waals surface area contributed by atoms with Crippen LogP contribution in [-0.2, 0) is 20.9 Å². The highest BCUT2D eigenvalue weighted by atomic mass is 16.5. The molecule has 11 heteroatoms. The molecule has 0 spiro atoms. The number of benzene rings is 3. The second-order valence-corrected chi connectivity index (χ2v) is 9.04. The summed E-state index contributed by atoms with van der Waals surface area (Å²) in [6, 6.07) is 16.3. The van der Waals surface area contributed by atoms with Gasteiger partial charge < -0.3 is 29.2 Å². The number of methoxy groups -OCH3 is 3. The first kappa shape index (κ1) is 28.9. The van der Waals surface area contributed by atoms with Crippen molar-refractivity contribution in [3.8, 4) is 17.2 Å². The van der Waals surface area contributed by atoms with Crippen LogP contribution in [0.4, 0.5) is 16.2 Å². The molecule has 214 valence electrons. The Morgan fingerprint density at radius 2 is 1.61 bits per heavy atom. The molecule has 0 aromatic heterocycles. The Morgan fingerprint density at radius 1 is 0.878 bits per heavy atom. The van der Waals surface area contributed by atoms with E-state index in [2.05, 4.69) is 5.32 Å². The zero-order chi connectivity index (χ0) is 29.5. The van der Waals surface area contributed by atoms with E-state index in [1.165, 1.54) is 38.4 Å². The molecule has 11 nitrogen and oxygen atoms in total. The fourth-order valence-electron chi connectivity index (χ4n) is 4.47. The summed E-state index contributed by atoms with van der Waals surface area (Å²) in [6.07, 6.45) is -0.294. The van der Waals surface area contributed by atoms with Crippen molar-refractivity contribution in [2.45, 2.75) is 25.9 Å². The van der Waals surface area contributed by atoms with Gasteiger partial charge in [0.1, 0.15) is 11.8 Å². The van der Waals surface area contributed by atoms with Gasteiger partial charge in [-0.05, 0) is 61.0 Å². The molecule has 1 aliphatic rings. The molecule has 1 atom stereocenters. The predicted octanol–water partition coefficient (Wildman–Crippen LogP) is 4.26. The lowest BCUT2D eigenvalue weighted by molar-refractivity contribution is -0.124. The molecule has 3 aromatic carbocycles. The highest BCUT2D eigenvalue weighted by Crippen LogP contribution is 2.33. The molecule has 1 heterocycles. The van der Waals surface area contributed by atoms with E-state index < -0.39 is 29.9 Å². The fourth-order valence-corrected chi connectivity index (χ4v) is 4.47. The quantitative estimate of drug-likeness (QED) is 0.272. The minimum absolute atomic E-state index is 0.0393. The topological polar surface area (TPSA) is 124 Å². The van der Waals surface area contributed by atoms with E-state index >= 15 is 0 Å². The van der Waals surface area contributed by atoms with Crippen molar-refractivity contribution in [1.82, 2.24) is 4.90 Å². The summed E-state index contributed by atoms with van der Waals surface area (Å²) in [7, 11) is 4.51. The van der Waals surface area contributed by atoms with Crippen molar-refractivity contribution < 1.29 is 38.1 Å². The molecular weight excluding hydrogens is 530 g/mol. The molecule has 1 unspecified atom stereocenters. The van der Waals surface area contributed by atoms with Gasteiger partial charge in [-0.1, -0.05) is 12.1 Å². The summed E-state index contributed by atoms with van der Waals surface area (Å²) >= 11 is 0. The SMILES string of the molecule is CCOC(=O)c1ccc(NC(=O)CC2C(=O)N(c3cccc(OC)c3)C(=O)N2Cc2ccc(OC)c(OC)c2)cc1. The number of nitrogens with one attached hydrogen (secondary N) is 1. The highest BCUT2D eigenvalue weighted by Gasteiger charge is 2.46. The molecule has 4 amide bonds. The van der Waals surface area contributed by atoms with Crippen molar-refractivity contribution in [3.05, 3.63) is 77.9 Å². The summed E-state index contributed by atoms with van der Waals surface area (Å²) in [6.45, 7) is 2.00. The molecule has 41 heavy (non-hydrogen) atoms. The van der Waals surface area contributed by atoms with E-state index in [0.29, 0.717) is 39.8 Å². The van der Waals surface area contributed by atoms with Crippen molar-refractivity contribution in [1.29, 1.82) is 0 Å². The number of carbonyl (C=O) groups excluding carboxylic acids is 4. The van der Waals surface area contributed by atoms with E-state index in [1.807, 2.05) is 0 Å². The smallest absolute Gasteiger partial charge is 0.338 e. The summed E-state index contributed by atoms with van der Waals surface area (Å²) in [5, 5.41) is 2.74. The van der Waals surface area contributed by atoms with Crippen LogP contribution in [0.3, 0.4) is 0 Å². The van der Waals surface area contributed by atoms with Crippen molar-refractivity contribution >= 4 is 35.2 Å². The number of carbonyl (C=O) groups is 4. The van der Waals surface area contributed by atoms with Gasteiger partial charge in [-0.3, -0.25) is 9.59 Å². The van der Waals surface area contributed by atoms with Gasteiger partial charge in [-0.15, -0.1) is 0 Å². The normalized spacial score (nSPS) is 14.6. The largest absolute Gasteiger partial charge is 0.497 e. The summed E-state index contributed by atoms with van der Waals surface area (Å²) in [4.78, 5) is 54.7. The molecule has 4 rings (SSSR count). The second kappa shape index (κ2) is 12.9. The number of imide groups is 1. The van der Waals surface area contributed by atoms with Gasteiger partial charge in [0.25, 0.3) is 5.91 Å². The van der Waals surface area contributed by atoms with Crippen LogP contribution in [0.5, 0.6) is 17.2 Å². The standard InChI is InChI=1S/C30H31N3O8/c1-5-41-29(36)20-10-12-21(13-11-20)31-27(34)17-24-28(35)33(22-7-6-8-23(16-22)38-2)30(37)32(24)18-19-9-14-25(39-3)26(15-19)40-4/h6-16,24H,5,17-18H2,1-4H3,(H,31,34). The van der Waals surface area contributed by atoms with Crippen molar-refractivity contribution in [2.24, 2.45) is 0 Å². The van der Waals surface area contributed by atoms with Crippen LogP contribution in [0.2, 0.25) is 0 Å². The van der Waals surface area contributed by atoms with Crippen molar-refractivity contribution in [3.63, 3.8) is 0 Å². The number of amides is 4. The number of hydrogen-bond donors (Lipinski definition) is 1. The average molecular weight is 562 g/mol. The van der Waals surface area contributed by atoms with Gasteiger partial charge in [-0.2, -0.15) is 0 Å². The molecule has 1 fully saturated rings. The van der Waals surface area contributed by atoms with Crippen LogP contribution in [0.1, 0.15) is 29.3 Å². The molecular formula is C30H31N3O8. The van der Waals surface area contributed by atoms with Crippen LogP contribution >= 0.6 is 0 Å². The van der Waals surface area contributed by atoms with Gasteiger partial charge in [0, 0.05) is 18.3 Å². The van der Waals surface area contributed by atoms with Gasteiger partial charge in [0.05, 0.1) is 45.6 Å². The first-order valence-electron chi connectivity index (χ1n) is 12.9. The third-order valence-electron chi connectivity index (χ3n) is 6.49. The number of rotatable bonds is 11. The van der Waals surface area contributed by atoms with E-state index in [0.717, 1.165) is 4.90 Å². The minimum atomic E-state index is -1.08. The molecule has 0 aliphatic carbocycles. The number of ether oxygens (including phenoxy) is 4. The first-order chi connectivity index (χ1) is 19.8. The predicted molar refractivity (Wildman–Crippen MR) is 150 cm³/mol. The van der Waals surface area contributed by atoms with Gasteiger partial charge in [0.2, 0.25) is 5.91 Å². The third-order valence-corrected chi connectivity index (χ3v) is 6.49. The Kier molecular flexibility index (Phi) is 9.08. The Morgan fingerprint density at radius 3 is 2.27 bits per heavy atom. The monoisotopic (exact) mass is 561 g/mol. The minimum Gasteiger partial charge on any atom is -0.497 e. The van der Waals surface area contributed by atoms with Crippen molar-refractivity contribution in [2.75, 3.05) is 38.2 Å². The third kappa shape index (κ3) is 6.40. The molecule has 1 N–H and O–H groups in total. The van der Waals surface area contributed by atoms with Crippen LogP contribution in [0.25, 0.3) is 0 Å². The Bertz CT molecular complexity index is 1440. The molecule has 0 bridgehead atoms. The second-order valence-electron chi connectivity index (χ2n) is 9.04. The summed E-state index contributed by atoms with van der Waals surface area (Å²) in [5.74, 6) is -0.0385. The van der Waals surface area contributed by atoms with E-state index in [9.17, 15) is 19.2 Å². The maximum absolute atomic E-state index is 13.7. The highest BCUT2D eigenvalue weighted by molar-refractivity contribution is 6.22. The molecule has 0 saturated carbocycles. The van der Waals surface area contributed by atoms with Crippen LogP contribution in [0.15, 0.2) is 66.7 Å². The number of urea groups is 1. The fraction of sp³-hybridized carbons (Fsp3) is 0.267. The molecule has 1 saturated heterocycles. The van der Waals surface area contributed by atoms with E-state index in [4.69, 9.17) is 18.9 Å². The maximum Gasteiger partial charge on any atom is 0.338 e. The number of anilines is 2. The lowest BCUT2D eigenvalue weighted by Gasteiger charge is -2.22. The Hall–Kier alpha value is -5.06. The molecule has 3 aromatic rings. The summed E-state index contributed by atoms with van der Waals surface area (Å²) < 4.78 is 20.9. The first-order valence-corrected chi connectivity index (χ1v) is 12.9. The maximum atomic E-state index is 13.7. The van der Waals surface area contributed by atoms with Gasteiger partial charge >= 0.3 is 12.0 Å². The molecule has 0 radical (unpaired) electrons. The summed E-state index contributed by atoms with van der Waals surface area (Å²) in [5.41, 5.74) is 1.78. The zero-order valence-corrected chi connectivity index (χ0v) is 23.2. The van der Waals surface area contributed by atoms with Crippen LogP contribution in [-0.4, -0.2) is 62.7 Å². The van der Waals surface area contributed by atoms with Crippen LogP contribution < -0.4 is 24.4 Å². The lowest BCUT2D eigenvalue weighted by atomic mass is 10.1. The zero-order valence-electron chi connectivity index (χ0n) is 23.2. The Labute approximate surface area is 237 Å². The number of nitrogens with zero attached hydrogens (tertiary/aromatic N) is 2.